The van der Waals surface area contributed by atoms with Crippen LogP contribution in [0.3, 0.4) is 0 Å². The molecule has 1 aliphatic carbocycles. The number of nitrogens with one attached hydrogen (secondary N) is 1. The maximum atomic E-state index is 12.2. The maximum Gasteiger partial charge on any atom is 0.306 e. The molecule has 0 fully saturated rings. The second-order valence-electron chi connectivity index (χ2n) is 6.49. The predicted octanol–water partition coefficient (Wildman–Crippen LogP) is 0.886. The molecular formula is C19H24N2O5. The van der Waals surface area contributed by atoms with Gasteiger partial charge in [0.15, 0.2) is 12.4 Å². The molecule has 1 aromatic carbocycles. The van der Waals surface area contributed by atoms with Crippen LogP contribution in [0.5, 0.6) is 0 Å². The highest BCUT2D eigenvalue weighted by Gasteiger charge is 2.16. The summed E-state index contributed by atoms with van der Waals surface area (Å²) in [6, 6.07) is 5.69. The molecule has 140 valence electrons. The number of rotatable bonds is 8. The highest BCUT2D eigenvalue weighted by Crippen LogP contribution is 2.23. The number of benzene rings is 1. The zero-order chi connectivity index (χ0) is 19.1. The van der Waals surface area contributed by atoms with E-state index in [0.717, 1.165) is 19.3 Å². The minimum Gasteiger partial charge on any atom is -0.456 e. The fraction of sp³-hybridized carbons (Fsp3) is 0.474. The third-order valence-corrected chi connectivity index (χ3v) is 4.28. The summed E-state index contributed by atoms with van der Waals surface area (Å²) in [5.41, 5.74) is 3.11. The van der Waals surface area contributed by atoms with Crippen LogP contribution in [0.15, 0.2) is 18.2 Å². The monoisotopic (exact) mass is 360 g/mol. The third kappa shape index (κ3) is 5.68. The van der Waals surface area contributed by atoms with Crippen LogP contribution in [0.4, 0.5) is 0 Å². The van der Waals surface area contributed by atoms with Gasteiger partial charge in [-0.05, 0) is 36.5 Å². The predicted molar refractivity (Wildman–Crippen MR) is 94.7 cm³/mol. The van der Waals surface area contributed by atoms with E-state index in [1.54, 1.807) is 20.2 Å². The Labute approximate surface area is 152 Å². The molecule has 0 saturated carbocycles. The first-order chi connectivity index (χ1) is 12.4. The summed E-state index contributed by atoms with van der Waals surface area (Å²) >= 11 is 0. The van der Waals surface area contributed by atoms with Gasteiger partial charge in [-0.3, -0.25) is 19.2 Å². The van der Waals surface area contributed by atoms with Gasteiger partial charge in [0.2, 0.25) is 5.91 Å². The number of likely N-dealkylation sites (N-methyl/N-ethyl adjacent to an activating group) is 1. The first kappa shape index (κ1) is 19.6. The van der Waals surface area contributed by atoms with Gasteiger partial charge in [-0.2, -0.15) is 0 Å². The SMILES string of the molecule is CN(C)C(=O)CNC(=O)COC(=O)CCC(=O)c1ccc2c(c1)CCC2. The van der Waals surface area contributed by atoms with Crippen LogP contribution in [0, 0.1) is 0 Å². The normalized spacial score (nSPS) is 12.2. The molecule has 7 heteroatoms. The quantitative estimate of drug-likeness (QED) is 0.549. The molecule has 1 aliphatic rings. The minimum atomic E-state index is -0.617. The van der Waals surface area contributed by atoms with Gasteiger partial charge >= 0.3 is 5.97 Å². The van der Waals surface area contributed by atoms with Crippen LogP contribution in [-0.2, 0) is 32.0 Å². The number of ketones is 1. The average Bonchev–Trinajstić information content (AvgIpc) is 3.09. The Morgan fingerprint density at radius 3 is 2.54 bits per heavy atom. The Bertz CT molecular complexity index is 712. The van der Waals surface area contributed by atoms with E-state index in [1.807, 2.05) is 12.1 Å². The number of amides is 2. The first-order valence-corrected chi connectivity index (χ1v) is 8.64. The Morgan fingerprint density at radius 2 is 1.81 bits per heavy atom. The van der Waals surface area contributed by atoms with Gasteiger partial charge in [0.05, 0.1) is 13.0 Å². The van der Waals surface area contributed by atoms with E-state index in [9.17, 15) is 19.2 Å². The van der Waals surface area contributed by atoms with E-state index in [4.69, 9.17) is 4.74 Å². The lowest BCUT2D eigenvalue weighted by Crippen LogP contribution is -2.38. The van der Waals surface area contributed by atoms with Gasteiger partial charge in [-0.15, -0.1) is 0 Å². The van der Waals surface area contributed by atoms with Gasteiger partial charge in [0, 0.05) is 26.1 Å². The molecule has 2 rings (SSSR count). The van der Waals surface area contributed by atoms with Crippen molar-refractivity contribution in [3.63, 3.8) is 0 Å². The second kappa shape index (κ2) is 9.12. The summed E-state index contributed by atoms with van der Waals surface area (Å²) in [6.45, 7) is -0.618. The molecule has 26 heavy (non-hydrogen) atoms. The lowest BCUT2D eigenvalue weighted by molar-refractivity contribution is -0.148. The van der Waals surface area contributed by atoms with Crippen molar-refractivity contribution in [2.24, 2.45) is 0 Å². The van der Waals surface area contributed by atoms with Crippen LogP contribution in [0.1, 0.15) is 40.7 Å². The highest BCUT2D eigenvalue weighted by molar-refractivity contribution is 5.98. The molecule has 1 aromatic rings. The Hall–Kier alpha value is -2.70. The Balaban J connectivity index is 1.69. The van der Waals surface area contributed by atoms with E-state index in [-0.39, 0.29) is 31.1 Å². The number of nitrogens with zero attached hydrogens (tertiary/aromatic N) is 1. The van der Waals surface area contributed by atoms with Crippen molar-refractivity contribution in [1.29, 1.82) is 0 Å². The smallest absolute Gasteiger partial charge is 0.306 e. The summed E-state index contributed by atoms with van der Waals surface area (Å²) in [4.78, 5) is 48.1. The number of hydrogen-bond acceptors (Lipinski definition) is 5. The second-order valence-corrected chi connectivity index (χ2v) is 6.49. The minimum absolute atomic E-state index is 0.0400. The molecule has 0 aromatic heterocycles. The van der Waals surface area contributed by atoms with Crippen LogP contribution in [-0.4, -0.2) is 55.7 Å². The fourth-order valence-corrected chi connectivity index (χ4v) is 2.71. The number of ether oxygens (including phenoxy) is 1. The van der Waals surface area contributed by atoms with Crippen molar-refractivity contribution in [3.8, 4) is 0 Å². The number of esters is 1. The zero-order valence-electron chi connectivity index (χ0n) is 15.2. The summed E-state index contributed by atoms with van der Waals surface area (Å²) in [6.07, 6.45) is 3.11. The molecule has 0 bridgehead atoms. The van der Waals surface area contributed by atoms with Crippen molar-refractivity contribution in [2.45, 2.75) is 32.1 Å². The lowest BCUT2D eigenvalue weighted by Gasteiger charge is -2.11. The largest absolute Gasteiger partial charge is 0.456 e. The molecule has 0 saturated heterocycles. The van der Waals surface area contributed by atoms with Gasteiger partial charge in [0.25, 0.3) is 5.91 Å². The molecule has 1 N–H and O–H groups in total. The molecule has 0 radical (unpaired) electrons. The van der Waals surface area contributed by atoms with Crippen molar-refractivity contribution < 1.29 is 23.9 Å². The topological polar surface area (TPSA) is 92.8 Å². The van der Waals surface area contributed by atoms with Crippen molar-refractivity contribution in [1.82, 2.24) is 10.2 Å². The van der Waals surface area contributed by atoms with Crippen LogP contribution >= 0.6 is 0 Å². The third-order valence-electron chi connectivity index (χ3n) is 4.28. The van der Waals surface area contributed by atoms with Crippen molar-refractivity contribution in [2.75, 3.05) is 27.2 Å². The van der Waals surface area contributed by atoms with Crippen molar-refractivity contribution in [3.05, 3.63) is 34.9 Å². The number of carbonyl (C=O) groups excluding carboxylic acids is 4. The molecule has 7 nitrogen and oxygen atoms in total. The van der Waals surface area contributed by atoms with Crippen LogP contribution < -0.4 is 5.32 Å². The van der Waals surface area contributed by atoms with E-state index < -0.39 is 18.5 Å². The van der Waals surface area contributed by atoms with Crippen LogP contribution in [0.2, 0.25) is 0 Å². The van der Waals surface area contributed by atoms with E-state index >= 15 is 0 Å². The van der Waals surface area contributed by atoms with E-state index in [2.05, 4.69) is 5.32 Å². The number of aryl methyl sites for hydroxylation is 2. The standard InChI is InChI=1S/C19H24N2O5/c1-21(2)18(24)11-20-17(23)12-26-19(25)9-8-16(22)15-7-6-13-4-3-5-14(13)10-15/h6-7,10H,3-5,8-9,11-12H2,1-2H3,(H,20,23). The summed E-state index contributed by atoms with van der Waals surface area (Å²) in [7, 11) is 3.15. The molecular weight excluding hydrogens is 336 g/mol. The zero-order valence-corrected chi connectivity index (χ0v) is 15.2. The lowest BCUT2D eigenvalue weighted by atomic mass is 10.0. The van der Waals surface area contributed by atoms with Crippen LogP contribution in [0.25, 0.3) is 0 Å². The Morgan fingerprint density at radius 1 is 1.08 bits per heavy atom. The first-order valence-electron chi connectivity index (χ1n) is 8.64. The number of carbonyl (C=O) groups is 4. The van der Waals surface area contributed by atoms with Gasteiger partial charge in [0.1, 0.15) is 0 Å². The maximum absolute atomic E-state index is 12.2. The molecule has 0 unspecified atom stereocenters. The summed E-state index contributed by atoms with van der Waals surface area (Å²) in [5, 5.41) is 2.36. The molecule has 0 spiro atoms. The summed E-state index contributed by atoms with van der Waals surface area (Å²) in [5.74, 6) is -1.55. The molecule has 0 aliphatic heterocycles. The number of fused-ring (bicyclic) bond motifs is 1. The molecule has 0 heterocycles. The highest BCUT2D eigenvalue weighted by atomic mass is 16.5. The molecule has 2 amide bonds. The van der Waals surface area contributed by atoms with Gasteiger partial charge in [-0.1, -0.05) is 12.1 Å². The van der Waals surface area contributed by atoms with Crippen molar-refractivity contribution >= 4 is 23.6 Å². The summed E-state index contributed by atoms with van der Waals surface area (Å²) < 4.78 is 4.83. The molecule has 0 atom stereocenters. The van der Waals surface area contributed by atoms with Gasteiger partial charge < -0.3 is 15.0 Å². The van der Waals surface area contributed by atoms with E-state index in [0.29, 0.717) is 5.56 Å². The van der Waals surface area contributed by atoms with Gasteiger partial charge in [-0.25, -0.2) is 0 Å². The fourth-order valence-electron chi connectivity index (χ4n) is 2.71. The average molecular weight is 360 g/mol. The number of hydrogen-bond donors (Lipinski definition) is 1. The van der Waals surface area contributed by atoms with E-state index in [1.165, 1.54) is 16.0 Å². The number of Topliss-reactive ketones (excluding diaryl/α,β-unsaturated/α-hetero) is 1. The Kier molecular flexibility index (Phi) is 6.89.